The third-order valence-corrected chi connectivity index (χ3v) is 5.66. The van der Waals surface area contributed by atoms with E-state index in [9.17, 15) is 9.90 Å². The SMILES string of the molecule is C[C@@]1(O)CN(C(=O)c2ccc3nc[nH]c3c2)CC[C@H]1n1cnc2c(N)nc(N)nc21. The van der Waals surface area contributed by atoms with E-state index in [0.717, 1.165) is 11.0 Å². The number of hydrogen-bond donors (Lipinski definition) is 4. The molecule has 0 radical (unpaired) electrons. The lowest BCUT2D eigenvalue weighted by Gasteiger charge is -2.43. The van der Waals surface area contributed by atoms with E-state index in [0.29, 0.717) is 29.7 Å². The molecule has 6 N–H and O–H groups in total. The zero-order valence-electron chi connectivity index (χ0n) is 16.3. The standard InChI is InChI=1S/C19H21N9O2/c1-19(30)7-27(17(29)10-2-3-11-12(6-10)23-8-22-11)5-4-13(19)28-9-24-14-15(20)25-18(21)26-16(14)28/h2-3,6,8-9,13,30H,4-5,7H2,1H3,(H,22,23)(H4,20,21,25,26)/t13-,19-/m1/s1. The molecule has 4 aromatic rings. The van der Waals surface area contributed by atoms with Crippen LogP contribution in [0, 0.1) is 0 Å². The summed E-state index contributed by atoms with van der Waals surface area (Å²) in [7, 11) is 0. The number of carbonyl (C=O) groups excluding carboxylic acids is 1. The molecule has 0 spiro atoms. The van der Waals surface area contributed by atoms with Crippen LogP contribution in [-0.2, 0) is 0 Å². The van der Waals surface area contributed by atoms with Gasteiger partial charge in [0, 0.05) is 12.1 Å². The van der Waals surface area contributed by atoms with E-state index in [1.54, 1.807) is 47.2 Å². The van der Waals surface area contributed by atoms with E-state index < -0.39 is 5.60 Å². The molecule has 0 aliphatic carbocycles. The van der Waals surface area contributed by atoms with Crippen LogP contribution in [0.5, 0.6) is 0 Å². The maximum Gasteiger partial charge on any atom is 0.254 e. The Morgan fingerprint density at radius 3 is 2.93 bits per heavy atom. The van der Waals surface area contributed by atoms with Gasteiger partial charge in [0.25, 0.3) is 5.91 Å². The van der Waals surface area contributed by atoms with Crippen molar-refractivity contribution in [2.45, 2.75) is 25.0 Å². The second-order valence-corrected chi connectivity index (χ2v) is 7.81. The number of nitrogen functional groups attached to an aromatic ring is 2. The number of fused-ring (bicyclic) bond motifs is 2. The summed E-state index contributed by atoms with van der Waals surface area (Å²) >= 11 is 0. The smallest absolute Gasteiger partial charge is 0.254 e. The van der Waals surface area contributed by atoms with Gasteiger partial charge in [-0.3, -0.25) is 4.79 Å². The monoisotopic (exact) mass is 407 g/mol. The van der Waals surface area contributed by atoms with Gasteiger partial charge in [0.15, 0.2) is 11.5 Å². The minimum Gasteiger partial charge on any atom is -0.386 e. The number of hydrogen-bond acceptors (Lipinski definition) is 8. The molecule has 0 unspecified atom stereocenters. The predicted molar refractivity (Wildman–Crippen MR) is 110 cm³/mol. The van der Waals surface area contributed by atoms with Crippen LogP contribution in [-0.4, -0.2) is 64.1 Å². The molecule has 11 heteroatoms. The van der Waals surface area contributed by atoms with E-state index in [1.165, 1.54) is 0 Å². The maximum absolute atomic E-state index is 13.1. The van der Waals surface area contributed by atoms with Crippen molar-refractivity contribution in [2.75, 3.05) is 24.6 Å². The van der Waals surface area contributed by atoms with Gasteiger partial charge in [0.1, 0.15) is 11.1 Å². The highest BCUT2D eigenvalue weighted by Crippen LogP contribution is 2.35. The van der Waals surface area contributed by atoms with Crippen molar-refractivity contribution in [3.05, 3.63) is 36.4 Å². The van der Waals surface area contributed by atoms with Crippen LogP contribution in [0.25, 0.3) is 22.2 Å². The van der Waals surface area contributed by atoms with Gasteiger partial charge in [-0.25, -0.2) is 9.97 Å². The van der Waals surface area contributed by atoms with Gasteiger partial charge in [-0.15, -0.1) is 0 Å². The minimum atomic E-state index is -1.21. The first-order valence-corrected chi connectivity index (χ1v) is 9.54. The molecule has 1 fully saturated rings. The van der Waals surface area contributed by atoms with Crippen molar-refractivity contribution in [3.63, 3.8) is 0 Å². The number of β-amino-alcohol motifs (C(OH)–C–C–N with tert-alkyl or cyclic N) is 1. The number of aromatic amines is 1. The van der Waals surface area contributed by atoms with E-state index in [4.69, 9.17) is 11.5 Å². The molecule has 1 saturated heterocycles. The molecular weight excluding hydrogens is 386 g/mol. The lowest BCUT2D eigenvalue weighted by molar-refractivity contribution is -0.0479. The first-order chi connectivity index (χ1) is 14.3. The Balaban J connectivity index is 1.43. The number of nitrogens with one attached hydrogen (secondary N) is 1. The summed E-state index contributed by atoms with van der Waals surface area (Å²) in [5, 5.41) is 11.2. The van der Waals surface area contributed by atoms with Crippen molar-refractivity contribution in [3.8, 4) is 0 Å². The normalized spacial score (nSPS) is 22.1. The summed E-state index contributed by atoms with van der Waals surface area (Å²) < 4.78 is 1.77. The van der Waals surface area contributed by atoms with Crippen LogP contribution >= 0.6 is 0 Å². The summed E-state index contributed by atoms with van der Waals surface area (Å²) in [6, 6.07) is 4.97. The number of nitrogens with two attached hydrogens (primary N) is 2. The molecule has 1 aliphatic heterocycles. The van der Waals surface area contributed by atoms with Crippen molar-refractivity contribution < 1.29 is 9.90 Å². The minimum absolute atomic E-state index is 0.0446. The zero-order valence-corrected chi connectivity index (χ0v) is 16.3. The maximum atomic E-state index is 13.1. The van der Waals surface area contributed by atoms with Crippen LogP contribution in [0.1, 0.15) is 29.7 Å². The number of benzene rings is 1. The topological polar surface area (TPSA) is 165 Å². The number of amides is 1. The van der Waals surface area contributed by atoms with Crippen LogP contribution in [0.2, 0.25) is 0 Å². The van der Waals surface area contributed by atoms with E-state index >= 15 is 0 Å². The molecule has 30 heavy (non-hydrogen) atoms. The number of likely N-dealkylation sites (tertiary alicyclic amines) is 1. The highest BCUT2D eigenvalue weighted by atomic mass is 16.3. The highest BCUT2D eigenvalue weighted by Gasteiger charge is 2.41. The summed E-state index contributed by atoms with van der Waals surface area (Å²) in [5.74, 6) is 0.0949. The molecule has 3 aromatic heterocycles. The van der Waals surface area contributed by atoms with E-state index in [1.807, 2.05) is 0 Å². The quantitative estimate of drug-likeness (QED) is 0.377. The molecule has 2 atom stereocenters. The Kier molecular flexibility index (Phi) is 3.90. The Labute approximate surface area is 170 Å². The fourth-order valence-electron chi connectivity index (χ4n) is 4.21. The van der Waals surface area contributed by atoms with Crippen LogP contribution < -0.4 is 11.5 Å². The van der Waals surface area contributed by atoms with Gasteiger partial charge in [-0.05, 0) is 31.5 Å². The fourth-order valence-corrected chi connectivity index (χ4v) is 4.21. The molecule has 1 amide bonds. The number of carbonyl (C=O) groups is 1. The number of anilines is 2. The summed E-state index contributed by atoms with van der Waals surface area (Å²) in [5.41, 5.74) is 13.5. The molecule has 4 heterocycles. The van der Waals surface area contributed by atoms with E-state index in [2.05, 4.69) is 24.9 Å². The largest absolute Gasteiger partial charge is 0.386 e. The van der Waals surface area contributed by atoms with Gasteiger partial charge in [-0.1, -0.05) is 0 Å². The average Bonchev–Trinajstić information content (AvgIpc) is 3.33. The van der Waals surface area contributed by atoms with Gasteiger partial charge in [0.05, 0.1) is 36.3 Å². The highest BCUT2D eigenvalue weighted by molar-refractivity contribution is 5.97. The third kappa shape index (κ3) is 2.82. The third-order valence-electron chi connectivity index (χ3n) is 5.66. The number of nitrogens with zero attached hydrogens (tertiary/aromatic N) is 6. The lowest BCUT2D eigenvalue weighted by atomic mass is 9.88. The second-order valence-electron chi connectivity index (χ2n) is 7.81. The van der Waals surface area contributed by atoms with Gasteiger partial charge < -0.3 is 31.0 Å². The van der Waals surface area contributed by atoms with Crippen LogP contribution in [0.15, 0.2) is 30.9 Å². The number of aromatic nitrogens is 6. The van der Waals surface area contributed by atoms with Crippen molar-refractivity contribution in [2.24, 2.45) is 0 Å². The first kappa shape index (κ1) is 18.3. The van der Waals surface area contributed by atoms with Crippen LogP contribution in [0.3, 0.4) is 0 Å². The lowest BCUT2D eigenvalue weighted by Crippen LogP contribution is -2.54. The van der Waals surface area contributed by atoms with Crippen LogP contribution in [0.4, 0.5) is 11.8 Å². The fraction of sp³-hybridized carbons (Fsp3) is 0.316. The van der Waals surface area contributed by atoms with E-state index in [-0.39, 0.29) is 30.3 Å². The average molecular weight is 407 g/mol. The molecule has 1 aliphatic rings. The zero-order chi connectivity index (χ0) is 21.0. The summed E-state index contributed by atoms with van der Waals surface area (Å²) in [6.07, 6.45) is 3.69. The molecule has 0 saturated carbocycles. The molecular formula is C19H21N9O2. The number of rotatable bonds is 2. The summed E-state index contributed by atoms with van der Waals surface area (Å²) in [4.78, 5) is 34.4. The van der Waals surface area contributed by atoms with Gasteiger partial charge >= 0.3 is 0 Å². The Bertz CT molecular complexity index is 1280. The second kappa shape index (κ2) is 6.39. The van der Waals surface area contributed by atoms with Crippen molar-refractivity contribution >= 4 is 39.9 Å². The summed E-state index contributed by atoms with van der Waals surface area (Å²) in [6.45, 7) is 2.33. The molecule has 5 rings (SSSR count). The number of piperidine rings is 1. The number of aliphatic hydroxyl groups is 1. The van der Waals surface area contributed by atoms with Crippen molar-refractivity contribution in [1.82, 2.24) is 34.4 Å². The van der Waals surface area contributed by atoms with Gasteiger partial charge in [0.2, 0.25) is 5.95 Å². The number of H-pyrrole nitrogens is 1. The Morgan fingerprint density at radius 1 is 1.30 bits per heavy atom. The number of imidazole rings is 2. The predicted octanol–water partition coefficient (Wildman–Crippen LogP) is 0.705. The van der Waals surface area contributed by atoms with Crippen molar-refractivity contribution in [1.29, 1.82) is 0 Å². The molecule has 11 nitrogen and oxygen atoms in total. The first-order valence-electron chi connectivity index (χ1n) is 9.54. The van der Waals surface area contributed by atoms with Gasteiger partial charge in [-0.2, -0.15) is 9.97 Å². The molecule has 0 bridgehead atoms. The molecule has 1 aromatic carbocycles. The Hall–Kier alpha value is -3.73. The molecule has 154 valence electrons. The Morgan fingerprint density at radius 2 is 2.13 bits per heavy atom.